The molecule has 4 heteroatoms. The van der Waals surface area contributed by atoms with Crippen LogP contribution < -0.4 is 4.74 Å². The summed E-state index contributed by atoms with van der Waals surface area (Å²) >= 11 is 0. The predicted octanol–water partition coefficient (Wildman–Crippen LogP) is 1.89. The first-order valence-corrected chi connectivity index (χ1v) is 5.08. The Balaban J connectivity index is 2.50. The lowest BCUT2D eigenvalue weighted by atomic mass is 10.2. The summed E-state index contributed by atoms with van der Waals surface area (Å²) in [6.07, 6.45) is 0.818. The highest BCUT2D eigenvalue weighted by Crippen LogP contribution is 2.14. The monoisotopic (exact) mass is 224 g/mol. The summed E-state index contributed by atoms with van der Waals surface area (Å²) in [5.74, 6) is 0.307. The number of benzene rings is 1. The van der Waals surface area contributed by atoms with Crippen LogP contribution in [-0.2, 0) is 9.47 Å². The summed E-state index contributed by atoms with van der Waals surface area (Å²) in [7, 11) is 3.01. The molecule has 1 rings (SSSR count). The Labute approximate surface area is 95.1 Å². The van der Waals surface area contributed by atoms with E-state index in [9.17, 15) is 4.79 Å². The van der Waals surface area contributed by atoms with Gasteiger partial charge in [0.2, 0.25) is 0 Å². The molecular weight excluding hydrogens is 208 g/mol. The first-order chi connectivity index (χ1) is 7.77. The molecule has 0 aliphatic carbocycles. The van der Waals surface area contributed by atoms with Gasteiger partial charge in [-0.25, -0.2) is 4.79 Å². The number of hydrogen-bond acceptors (Lipinski definition) is 4. The van der Waals surface area contributed by atoms with E-state index in [0.717, 1.165) is 6.42 Å². The zero-order valence-electron chi connectivity index (χ0n) is 9.56. The van der Waals surface area contributed by atoms with Gasteiger partial charge in [0.15, 0.2) is 0 Å². The van der Waals surface area contributed by atoms with Crippen LogP contribution in [0.1, 0.15) is 16.8 Å². The van der Waals surface area contributed by atoms with E-state index in [1.165, 1.54) is 7.11 Å². The SMILES string of the molecule is COCCCOc1cccc(C(=O)OC)c1. The second-order valence-electron chi connectivity index (χ2n) is 3.21. The van der Waals surface area contributed by atoms with Crippen LogP contribution in [0, 0.1) is 0 Å². The van der Waals surface area contributed by atoms with Crippen molar-refractivity contribution in [3.8, 4) is 5.75 Å². The number of methoxy groups -OCH3 is 2. The molecule has 1 aromatic carbocycles. The van der Waals surface area contributed by atoms with Crippen molar-refractivity contribution in [3.63, 3.8) is 0 Å². The second kappa shape index (κ2) is 6.85. The highest BCUT2D eigenvalue weighted by atomic mass is 16.5. The molecule has 0 bridgehead atoms. The Hall–Kier alpha value is -1.55. The molecule has 0 amide bonds. The lowest BCUT2D eigenvalue weighted by molar-refractivity contribution is 0.0600. The van der Waals surface area contributed by atoms with Gasteiger partial charge in [0, 0.05) is 20.1 Å². The largest absolute Gasteiger partial charge is 0.493 e. The fraction of sp³-hybridized carbons (Fsp3) is 0.417. The maximum absolute atomic E-state index is 11.2. The topological polar surface area (TPSA) is 44.8 Å². The number of esters is 1. The highest BCUT2D eigenvalue weighted by Gasteiger charge is 2.05. The quantitative estimate of drug-likeness (QED) is 0.546. The van der Waals surface area contributed by atoms with Crippen LogP contribution in [0.25, 0.3) is 0 Å². The van der Waals surface area contributed by atoms with E-state index in [1.54, 1.807) is 31.4 Å². The third kappa shape index (κ3) is 3.90. The molecule has 0 fully saturated rings. The molecule has 0 saturated heterocycles. The zero-order chi connectivity index (χ0) is 11.8. The first kappa shape index (κ1) is 12.5. The molecule has 0 atom stereocenters. The van der Waals surface area contributed by atoms with Crippen LogP contribution in [0.5, 0.6) is 5.75 Å². The average Bonchev–Trinajstić information content (AvgIpc) is 2.34. The molecule has 0 spiro atoms. The van der Waals surface area contributed by atoms with Gasteiger partial charge in [-0.2, -0.15) is 0 Å². The molecule has 4 nitrogen and oxygen atoms in total. The van der Waals surface area contributed by atoms with Crippen LogP contribution in [-0.4, -0.2) is 33.4 Å². The van der Waals surface area contributed by atoms with Gasteiger partial charge in [-0.3, -0.25) is 0 Å². The van der Waals surface area contributed by atoms with Crippen LogP contribution >= 0.6 is 0 Å². The minimum Gasteiger partial charge on any atom is -0.493 e. The number of carbonyl (C=O) groups excluding carboxylic acids is 1. The van der Waals surface area contributed by atoms with Crippen molar-refractivity contribution in [1.29, 1.82) is 0 Å². The van der Waals surface area contributed by atoms with Crippen LogP contribution in [0.15, 0.2) is 24.3 Å². The second-order valence-corrected chi connectivity index (χ2v) is 3.21. The smallest absolute Gasteiger partial charge is 0.337 e. The third-order valence-corrected chi connectivity index (χ3v) is 2.02. The van der Waals surface area contributed by atoms with Gasteiger partial charge in [0.1, 0.15) is 5.75 Å². The average molecular weight is 224 g/mol. The standard InChI is InChI=1S/C12H16O4/c1-14-7-4-8-16-11-6-3-5-10(9-11)12(13)15-2/h3,5-6,9H,4,7-8H2,1-2H3. The molecule has 0 aromatic heterocycles. The minimum atomic E-state index is -0.359. The van der Waals surface area contributed by atoms with Gasteiger partial charge < -0.3 is 14.2 Å². The van der Waals surface area contributed by atoms with Crippen molar-refractivity contribution >= 4 is 5.97 Å². The maximum atomic E-state index is 11.2. The zero-order valence-corrected chi connectivity index (χ0v) is 9.56. The Morgan fingerprint density at radius 3 is 2.75 bits per heavy atom. The number of carbonyl (C=O) groups is 1. The van der Waals surface area contributed by atoms with Crippen molar-refractivity contribution in [2.24, 2.45) is 0 Å². The van der Waals surface area contributed by atoms with Crippen molar-refractivity contribution in [3.05, 3.63) is 29.8 Å². The normalized spacial score (nSPS) is 9.88. The fourth-order valence-corrected chi connectivity index (χ4v) is 1.22. The fourth-order valence-electron chi connectivity index (χ4n) is 1.22. The molecule has 16 heavy (non-hydrogen) atoms. The Bertz CT molecular complexity index is 336. The first-order valence-electron chi connectivity index (χ1n) is 5.08. The number of hydrogen-bond donors (Lipinski definition) is 0. The molecule has 0 saturated carbocycles. The van der Waals surface area contributed by atoms with Gasteiger partial charge >= 0.3 is 5.97 Å². The molecule has 88 valence electrons. The van der Waals surface area contributed by atoms with Gasteiger partial charge in [-0.1, -0.05) is 6.07 Å². The van der Waals surface area contributed by atoms with E-state index < -0.39 is 0 Å². The third-order valence-electron chi connectivity index (χ3n) is 2.02. The summed E-state index contributed by atoms with van der Waals surface area (Å²) in [6.45, 7) is 1.23. The van der Waals surface area contributed by atoms with E-state index in [1.807, 2.05) is 0 Å². The highest BCUT2D eigenvalue weighted by molar-refractivity contribution is 5.89. The Morgan fingerprint density at radius 2 is 2.06 bits per heavy atom. The van der Waals surface area contributed by atoms with Gasteiger partial charge in [-0.15, -0.1) is 0 Å². The molecular formula is C12H16O4. The van der Waals surface area contributed by atoms with Gasteiger partial charge in [0.05, 0.1) is 19.3 Å². The summed E-state index contributed by atoms with van der Waals surface area (Å²) in [6, 6.07) is 6.92. The predicted molar refractivity (Wildman–Crippen MR) is 59.8 cm³/mol. The molecule has 0 aliphatic heterocycles. The Morgan fingerprint density at radius 1 is 1.25 bits per heavy atom. The lowest BCUT2D eigenvalue weighted by Crippen LogP contribution is -2.04. The minimum absolute atomic E-state index is 0.359. The van der Waals surface area contributed by atoms with E-state index in [-0.39, 0.29) is 5.97 Å². The van der Waals surface area contributed by atoms with Crippen molar-refractivity contribution in [2.75, 3.05) is 27.4 Å². The summed E-state index contributed by atoms with van der Waals surface area (Å²) < 4.78 is 15.0. The lowest BCUT2D eigenvalue weighted by Gasteiger charge is -2.06. The van der Waals surface area contributed by atoms with Crippen LogP contribution in [0.2, 0.25) is 0 Å². The van der Waals surface area contributed by atoms with E-state index in [2.05, 4.69) is 4.74 Å². The molecule has 0 unspecified atom stereocenters. The van der Waals surface area contributed by atoms with Crippen LogP contribution in [0.4, 0.5) is 0 Å². The number of ether oxygens (including phenoxy) is 3. The maximum Gasteiger partial charge on any atom is 0.337 e. The van der Waals surface area contributed by atoms with E-state index in [4.69, 9.17) is 9.47 Å². The van der Waals surface area contributed by atoms with Crippen LogP contribution in [0.3, 0.4) is 0 Å². The van der Waals surface area contributed by atoms with E-state index >= 15 is 0 Å². The number of rotatable bonds is 6. The van der Waals surface area contributed by atoms with Crippen molar-refractivity contribution in [1.82, 2.24) is 0 Å². The summed E-state index contributed by atoms with van der Waals surface area (Å²) in [5, 5.41) is 0. The van der Waals surface area contributed by atoms with Crippen molar-refractivity contribution < 1.29 is 19.0 Å². The molecule has 0 radical (unpaired) electrons. The molecule has 1 aromatic rings. The summed E-state index contributed by atoms with van der Waals surface area (Å²) in [5.41, 5.74) is 0.492. The van der Waals surface area contributed by atoms with Gasteiger partial charge in [-0.05, 0) is 18.2 Å². The van der Waals surface area contributed by atoms with Crippen molar-refractivity contribution in [2.45, 2.75) is 6.42 Å². The Kier molecular flexibility index (Phi) is 5.36. The molecule has 0 aliphatic rings. The molecule has 0 N–H and O–H groups in total. The van der Waals surface area contributed by atoms with Gasteiger partial charge in [0.25, 0.3) is 0 Å². The van der Waals surface area contributed by atoms with E-state index in [0.29, 0.717) is 24.5 Å². The summed E-state index contributed by atoms with van der Waals surface area (Å²) in [4.78, 5) is 11.2. The molecule has 0 heterocycles.